The Morgan fingerprint density at radius 1 is 1.31 bits per heavy atom. The van der Waals surface area contributed by atoms with Crippen molar-refractivity contribution in [3.63, 3.8) is 0 Å². The minimum atomic E-state index is -0.845. The minimum absolute atomic E-state index is 0.503. The van der Waals surface area contributed by atoms with Gasteiger partial charge in [0, 0.05) is 18.7 Å². The van der Waals surface area contributed by atoms with Gasteiger partial charge in [-0.1, -0.05) is 0 Å². The highest BCUT2D eigenvalue weighted by molar-refractivity contribution is 7.98. The maximum Gasteiger partial charge on any atom is 0.161 e. The number of aryl methyl sites for hydroxylation is 1. The Morgan fingerprint density at radius 3 is 2.81 bits per heavy atom. The Balaban J connectivity index is 2.29. The zero-order chi connectivity index (χ0) is 11.5. The number of aromatic nitrogens is 2. The summed E-state index contributed by atoms with van der Waals surface area (Å²) >= 11 is 1.77. The monoisotopic (exact) mass is 242 g/mol. The van der Waals surface area contributed by atoms with Gasteiger partial charge in [-0.2, -0.15) is 11.8 Å². The molecule has 0 N–H and O–H groups in total. The summed E-state index contributed by atoms with van der Waals surface area (Å²) in [6.45, 7) is 0.780. The SMILES string of the molecule is CSCCCn1cnc2cc(F)c(F)cc21. The van der Waals surface area contributed by atoms with Crippen molar-refractivity contribution < 1.29 is 8.78 Å². The quantitative estimate of drug-likeness (QED) is 0.767. The molecule has 0 atom stereocenters. The van der Waals surface area contributed by atoms with E-state index in [1.54, 1.807) is 18.1 Å². The number of hydrogen-bond donors (Lipinski definition) is 0. The molecule has 5 heteroatoms. The lowest BCUT2D eigenvalue weighted by molar-refractivity contribution is 0.510. The average Bonchev–Trinajstić information content (AvgIpc) is 2.63. The highest BCUT2D eigenvalue weighted by atomic mass is 32.2. The van der Waals surface area contributed by atoms with E-state index in [0.29, 0.717) is 11.0 Å². The molecule has 2 rings (SSSR count). The van der Waals surface area contributed by atoms with Gasteiger partial charge in [0.2, 0.25) is 0 Å². The van der Waals surface area contributed by atoms with E-state index in [1.807, 2.05) is 10.8 Å². The molecule has 1 aromatic carbocycles. The summed E-state index contributed by atoms with van der Waals surface area (Å²) in [4.78, 5) is 4.05. The van der Waals surface area contributed by atoms with Gasteiger partial charge >= 0.3 is 0 Å². The van der Waals surface area contributed by atoms with Gasteiger partial charge in [0.25, 0.3) is 0 Å². The number of benzene rings is 1. The van der Waals surface area contributed by atoms with E-state index >= 15 is 0 Å². The molecule has 0 saturated carbocycles. The van der Waals surface area contributed by atoms with Gasteiger partial charge in [-0.15, -0.1) is 0 Å². The number of thioether (sulfide) groups is 1. The lowest BCUT2D eigenvalue weighted by Gasteiger charge is -2.03. The molecule has 0 aliphatic heterocycles. The van der Waals surface area contributed by atoms with E-state index in [0.717, 1.165) is 24.8 Å². The van der Waals surface area contributed by atoms with Gasteiger partial charge in [-0.05, 0) is 18.4 Å². The zero-order valence-corrected chi connectivity index (χ0v) is 9.73. The van der Waals surface area contributed by atoms with E-state index < -0.39 is 11.6 Å². The molecule has 0 aliphatic rings. The third-order valence-corrected chi connectivity index (χ3v) is 3.11. The van der Waals surface area contributed by atoms with Gasteiger partial charge < -0.3 is 4.57 Å². The molecule has 2 nitrogen and oxygen atoms in total. The molecule has 0 radical (unpaired) electrons. The molecule has 0 aliphatic carbocycles. The first-order valence-corrected chi connectivity index (χ1v) is 6.40. The molecule has 0 fully saturated rings. The predicted octanol–water partition coefficient (Wildman–Crippen LogP) is 3.07. The molecule has 2 aromatic rings. The highest BCUT2D eigenvalue weighted by Gasteiger charge is 2.08. The van der Waals surface area contributed by atoms with Crippen molar-refractivity contribution in [3.05, 3.63) is 30.1 Å². The zero-order valence-electron chi connectivity index (χ0n) is 8.91. The van der Waals surface area contributed by atoms with Crippen molar-refractivity contribution in [2.24, 2.45) is 0 Å². The van der Waals surface area contributed by atoms with Crippen molar-refractivity contribution in [1.82, 2.24) is 9.55 Å². The molecule has 16 heavy (non-hydrogen) atoms. The van der Waals surface area contributed by atoms with Crippen LogP contribution in [0.4, 0.5) is 8.78 Å². The van der Waals surface area contributed by atoms with Crippen LogP contribution in [0.5, 0.6) is 0 Å². The summed E-state index contributed by atoms with van der Waals surface area (Å²) in [7, 11) is 0. The number of nitrogens with zero attached hydrogens (tertiary/aromatic N) is 2. The molecular weight excluding hydrogens is 230 g/mol. The second kappa shape index (κ2) is 4.82. The van der Waals surface area contributed by atoms with Gasteiger partial charge in [0.1, 0.15) is 0 Å². The Bertz CT molecular complexity index is 496. The van der Waals surface area contributed by atoms with Crippen LogP contribution >= 0.6 is 11.8 Å². The summed E-state index contributed by atoms with van der Waals surface area (Å²) in [6, 6.07) is 2.34. The van der Waals surface area contributed by atoms with Crippen LogP contribution in [0.1, 0.15) is 6.42 Å². The summed E-state index contributed by atoms with van der Waals surface area (Å²) < 4.78 is 27.9. The Kier molecular flexibility index (Phi) is 3.43. The van der Waals surface area contributed by atoms with Crippen molar-refractivity contribution >= 4 is 22.8 Å². The fraction of sp³-hybridized carbons (Fsp3) is 0.364. The first-order valence-electron chi connectivity index (χ1n) is 5.01. The summed E-state index contributed by atoms with van der Waals surface area (Å²) in [5.41, 5.74) is 1.16. The van der Waals surface area contributed by atoms with Gasteiger partial charge in [0.15, 0.2) is 11.6 Å². The van der Waals surface area contributed by atoms with Crippen LogP contribution < -0.4 is 0 Å². The maximum atomic E-state index is 13.1. The molecule has 86 valence electrons. The van der Waals surface area contributed by atoms with Crippen LogP contribution in [0.25, 0.3) is 11.0 Å². The van der Waals surface area contributed by atoms with Crippen LogP contribution in [0.3, 0.4) is 0 Å². The van der Waals surface area contributed by atoms with Crippen molar-refractivity contribution in [2.45, 2.75) is 13.0 Å². The Labute approximate surface area is 96.7 Å². The van der Waals surface area contributed by atoms with E-state index in [2.05, 4.69) is 4.98 Å². The molecule has 0 unspecified atom stereocenters. The second-order valence-corrected chi connectivity index (χ2v) is 4.52. The lowest BCUT2D eigenvalue weighted by atomic mass is 10.3. The topological polar surface area (TPSA) is 17.8 Å². The third-order valence-electron chi connectivity index (χ3n) is 2.41. The van der Waals surface area contributed by atoms with Crippen molar-refractivity contribution in [2.75, 3.05) is 12.0 Å². The number of halogens is 2. The van der Waals surface area contributed by atoms with Gasteiger partial charge in [-0.25, -0.2) is 13.8 Å². The first kappa shape index (κ1) is 11.4. The second-order valence-electron chi connectivity index (χ2n) is 3.54. The Hall–Kier alpha value is -1.10. The van der Waals surface area contributed by atoms with Crippen molar-refractivity contribution in [1.29, 1.82) is 0 Å². The lowest BCUT2D eigenvalue weighted by Crippen LogP contribution is -1.97. The fourth-order valence-corrected chi connectivity index (χ4v) is 2.03. The van der Waals surface area contributed by atoms with Gasteiger partial charge in [-0.3, -0.25) is 0 Å². The number of imidazole rings is 1. The summed E-state index contributed by atoms with van der Waals surface area (Å²) in [5, 5.41) is 0. The molecule has 0 saturated heterocycles. The number of rotatable bonds is 4. The number of hydrogen-bond acceptors (Lipinski definition) is 2. The molecule has 0 amide bonds. The fourth-order valence-electron chi connectivity index (χ4n) is 1.61. The largest absolute Gasteiger partial charge is 0.330 e. The molecule has 1 heterocycles. The van der Waals surface area contributed by atoms with Crippen LogP contribution in [-0.2, 0) is 6.54 Å². The van der Waals surface area contributed by atoms with Crippen LogP contribution in [0.2, 0.25) is 0 Å². The maximum absolute atomic E-state index is 13.1. The van der Waals surface area contributed by atoms with Crippen molar-refractivity contribution in [3.8, 4) is 0 Å². The van der Waals surface area contributed by atoms with E-state index in [-0.39, 0.29) is 0 Å². The molecule has 0 bridgehead atoms. The van der Waals surface area contributed by atoms with E-state index in [9.17, 15) is 8.78 Å². The molecule has 1 aromatic heterocycles. The van der Waals surface area contributed by atoms with Gasteiger partial charge in [0.05, 0.1) is 17.4 Å². The van der Waals surface area contributed by atoms with Crippen LogP contribution in [0, 0.1) is 11.6 Å². The Morgan fingerprint density at radius 2 is 2.06 bits per heavy atom. The van der Waals surface area contributed by atoms with E-state index in [1.165, 1.54) is 6.07 Å². The minimum Gasteiger partial charge on any atom is -0.330 e. The summed E-state index contributed by atoms with van der Waals surface area (Å²) in [6.07, 6.45) is 4.66. The smallest absolute Gasteiger partial charge is 0.161 e. The highest BCUT2D eigenvalue weighted by Crippen LogP contribution is 2.17. The predicted molar refractivity (Wildman–Crippen MR) is 62.6 cm³/mol. The normalized spacial score (nSPS) is 11.2. The standard InChI is InChI=1S/C11H12F2N2S/c1-16-4-2-3-15-7-14-10-5-8(12)9(13)6-11(10)15/h5-7H,2-4H2,1H3. The van der Waals surface area contributed by atoms with Crippen LogP contribution in [-0.4, -0.2) is 21.6 Å². The first-order chi connectivity index (χ1) is 7.72. The van der Waals surface area contributed by atoms with Crippen LogP contribution in [0.15, 0.2) is 18.5 Å². The average molecular weight is 242 g/mol. The third kappa shape index (κ3) is 2.19. The van der Waals surface area contributed by atoms with E-state index in [4.69, 9.17) is 0 Å². The molecule has 0 spiro atoms. The molecular formula is C11H12F2N2S. The summed E-state index contributed by atoms with van der Waals surface area (Å²) in [5.74, 6) is -0.621. The number of fused-ring (bicyclic) bond motifs is 1.